The highest BCUT2D eigenvalue weighted by molar-refractivity contribution is 7.91. The maximum Gasteiger partial charge on any atom is 0.161 e. The Morgan fingerprint density at radius 3 is 2.05 bits per heavy atom. The van der Waals surface area contributed by atoms with Crippen LogP contribution in [-0.4, -0.2) is 34.1 Å². The Morgan fingerprint density at radius 2 is 1.63 bits per heavy atom. The van der Waals surface area contributed by atoms with Gasteiger partial charge in [0.05, 0.1) is 19.5 Å². The second-order valence-corrected chi connectivity index (χ2v) is 7.03. The molecule has 0 saturated carbocycles. The molecular formula is C13H21NO4S. The van der Waals surface area contributed by atoms with Crippen molar-refractivity contribution in [3.63, 3.8) is 0 Å². The summed E-state index contributed by atoms with van der Waals surface area (Å²) in [6, 6.07) is 2.93. The monoisotopic (exact) mass is 287 g/mol. The predicted molar refractivity (Wildman–Crippen MR) is 75.5 cm³/mol. The van der Waals surface area contributed by atoms with Crippen molar-refractivity contribution in [2.24, 2.45) is 5.73 Å². The molecule has 6 heteroatoms. The zero-order valence-electron chi connectivity index (χ0n) is 11.9. The zero-order chi connectivity index (χ0) is 14.8. The molecule has 5 nitrogen and oxygen atoms in total. The van der Waals surface area contributed by atoms with Crippen molar-refractivity contribution >= 4 is 9.84 Å². The standard InChI is InChI=1S/C13H21NO4S/c1-8-6-11(17-3)12(18-4)7-10(8)13(14)9(2)19(5,15)16/h6-7,9,13H,14H2,1-5H3. The normalized spacial score (nSPS) is 14.8. The first-order chi connectivity index (χ1) is 8.72. The number of ether oxygens (including phenoxy) is 2. The van der Waals surface area contributed by atoms with E-state index in [1.807, 2.05) is 6.92 Å². The molecule has 1 aromatic carbocycles. The lowest BCUT2D eigenvalue weighted by molar-refractivity contribution is 0.354. The van der Waals surface area contributed by atoms with Crippen molar-refractivity contribution in [3.8, 4) is 11.5 Å². The Hall–Kier alpha value is -1.27. The van der Waals surface area contributed by atoms with E-state index < -0.39 is 21.1 Å². The second kappa shape index (κ2) is 5.79. The summed E-state index contributed by atoms with van der Waals surface area (Å²) >= 11 is 0. The fourth-order valence-corrected chi connectivity index (χ4v) is 2.55. The summed E-state index contributed by atoms with van der Waals surface area (Å²) in [5, 5.41) is -0.663. The molecule has 1 aromatic rings. The smallest absolute Gasteiger partial charge is 0.161 e. The molecule has 0 spiro atoms. The van der Waals surface area contributed by atoms with E-state index in [4.69, 9.17) is 15.2 Å². The Kier molecular flexibility index (Phi) is 4.81. The molecule has 2 atom stereocenters. The third kappa shape index (κ3) is 3.39. The Labute approximate surface area is 114 Å². The molecule has 0 heterocycles. The second-order valence-electron chi connectivity index (χ2n) is 4.62. The van der Waals surface area contributed by atoms with Crippen LogP contribution in [-0.2, 0) is 9.84 Å². The van der Waals surface area contributed by atoms with Crippen molar-refractivity contribution in [2.45, 2.75) is 25.1 Å². The van der Waals surface area contributed by atoms with Crippen molar-refractivity contribution in [3.05, 3.63) is 23.3 Å². The first kappa shape index (κ1) is 15.8. The topological polar surface area (TPSA) is 78.6 Å². The number of hydrogen-bond donors (Lipinski definition) is 1. The molecule has 0 aliphatic carbocycles. The lowest BCUT2D eigenvalue weighted by Gasteiger charge is -2.22. The van der Waals surface area contributed by atoms with Crippen LogP contribution in [0.25, 0.3) is 0 Å². The predicted octanol–water partition coefficient (Wildman–Crippen LogP) is 1.45. The summed E-state index contributed by atoms with van der Waals surface area (Å²) in [4.78, 5) is 0. The van der Waals surface area contributed by atoms with Crippen LogP contribution in [0, 0.1) is 6.92 Å². The Bertz CT molecular complexity index is 554. The highest BCUT2D eigenvalue weighted by atomic mass is 32.2. The molecule has 2 unspecified atom stereocenters. The maximum absolute atomic E-state index is 11.6. The summed E-state index contributed by atoms with van der Waals surface area (Å²) in [5.41, 5.74) is 7.69. The van der Waals surface area contributed by atoms with Gasteiger partial charge in [-0.05, 0) is 37.1 Å². The van der Waals surface area contributed by atoms with E-state index in [2.05, 4.69) is 0 Å². The largest absolute Gasteiger partial charge is 0.493 e. The van der Waals surface area contributed by atoms with Crippen LogP contribution in [0.4, 0.5) is 0 Å². The Morgan fingerprint density at radius 1 is 1.16 bits per heavy atom. The molecule has 0 bridgehead atoms. The number of aryl methyl sites for hydroxylation is 1. The van der Waals surface area contributed by atoms with Crippen molar-refractivity contribution in [2.75, 3.05) is 20.5 Å². The zero-order valence-corrected chi connectivity index (χ0v) is 12.7. The van der Waals surface area contributed by atoms with Crippen LogP contribution in [0.2, 0.25) is 0 Å². The van der Waals surface area contributed by atoms with Crippen LogP contribution in [0.15, 0.2) is 12.1 Å². The van der Waals surface area contributed by atoms with Crippen LogP contribution < -0.4 is 15.2 Å². The van der Waals surface area contributed by atoms with E-state index in [0.29, 0.717) is 11.5 Å². The van der Waals surface area contributed by atoms with E-state index >= 15 is 0 Å². The van der Waals surface area contributed by atoms with Gasteiger partial charge in [0.1, 0.15) is 0 Å². The van der Waals surface area contributed by atoms with Crippen molar-refractivity contribution < 1.29 is 17.9 Å². The number of sulfone groups is 1. The van der Waals surface area contributed by atoms with Gasteiger partial charge in [-0.3, -0.25) is 0 Å². The first-order valence-corrected chi connectivity index (χ1v) is 7.84. The van der Waals surface area contributed by atoms with Gasteiger partial charge in [-0.25, -0.2) is 8.42 Å². The van der Waals surface area contributed by atoms with Crippen LogP contribution >= 0.6 is 0 Å². The van der Waals surface area contributed by atoms with Crippen LogP contribution in [0.3, 0.4) is 0 Å². The van der Waals surface area contributed by atoms with Gasteiger partial charge in [-0.2, -0.15) is 0 Å². The minimum absolute atomic E-state index is 0.541. The van der Waals surface area contributed by atoms with Gasteiger partial charge < -0.3 is 15.2 Å². The SMILES string of the molecule is COc1cc(C)c(C(N)C(C)S(C)(=O)=O)cc1OC. The molecule has 0 aliphatic heterocycles. The highest BCUT2D eigenvalue weighted by Gasteiger charge is 2.26. The first-order valence-electron chi connectivity index (χ1n) is 5.89. The lowest BCUT2D eigenvalue weighted by Crippen LogP contribution is -2.31. The van der Waals surface area contributed by atoms with Crippen molar-refractivity contribution in [1.82, 2.24) is 0 Å². The van der Waals surface area contributed by atoms with E-state index in [1.165, 1.54) is 13.4 Å². The third-order valence-electron chi connectivity index (χ3n) is 3.31. The van der Waals surface area contributed by atoms with Crippen LogP contribution in [0.5, 0.6) is 11.5 Å². The number of methoxy groups -OCH3 is 2. The molecule has 0 radical (unpaired) electrons. The summed E-state index contributed by atoms with van der Waals surface area (Å²) in [7, 11) is -0.117. The molecule has 0 amide bonds. The van der Waals surface area contributed by atoms with E-state index in [9.17, 15) is 8.42 Å². The molecule has 1 rings (SSSR count). The van der Waals surface area contributed by atoms with Crippen molar-refractivity contribution in [1.29, 1.82) is 0 Å². The number of rotatable bonds is 5. The lowest BCUT2D eigenvalue weighted by atomic mass is 9.99. The molecule has 108 valence electrons. The van der Waals surface area contributed by atoms with Gasteiger partial charge >= 0.3 is 0 Å². The van der Waals surface area contributed by atoms with Gasteiger partial charge in [-0.15, -0.1) is 0 Å². The van der Waals surface area contributed by atoms with Crippen LogP contribution in [0.1, 0.15) is 24.1 Å². The molecule has 0 aromatic heterocycles. The van der Waals surface area contributed by atoms with Gasteiger partial charge in [0.2, 0.25) is 0 Å². The number of nitrogens with two attached hydrogens (primary N) is 1. The van der Waals surface area contributed by atoms with Gasteiger partial charge in [0, 0.05) is 12.3 Å². The summed E-state index contributed by atoms with van der Waals surface area (Å²) in [5.74, 6) is 1.14. The summed E-state index contributed by atoms with van der Waals surface area (Å²) in [6.07, 6.45) is 1.19. The van der Waals surface area contributed by atoms with E-state index in [1.54, 1.807) is 26.2 Å². The van der Waals surface area contributed by atoms with Gasteiger partial charge in [-0.1, -0.05) is 0 Å². The number of hydrogen-bond acceptors (Lipinski definition) is 5. The fourth-order valence-electron chi connectivity index (χ4n) is 1.87. The van der Waals surface area contributed by atoms with E-state index in [-0.39, 0.29) is 0 Å². The Balaban J connectivity index is 3.28. The van der Waals surface area contributed by atoms with Gasteiger partial charge in [0.15, 0.2) is 21.3 Å². The molecule has 19 heavy (non-hydrogen) atoms. The molecule has 0 fully saturated rings. The van der Waals surface area contributed by atoms with Gasteiger partial charge in [0.25, 0.3) is 0 Å². The minimum atomic E-state index is -3.20. The quantitative estimate of drug-likeness (QED) is 0.886. The average Bonchev–Trinajstić information content (AvgIpc) is 2.35. The highest BCUT2D eigenvalue weighted by Crippen LogP contribution is 2.33. The molecule has 0 aliphatic rings. The molecule has 2 N–H and O–H groups in total. The summed E-state index contributed by atoms with van der Waals surface area (Å²) in [6.45, 7) is 3.47. The molecular weight excluding hydrogens is 266 g/mol. The molecule has 0 saturated heterocycles. The maximum atomic E-state index is 11.6. The third-order valence-corrected chi connectivity index (χ3v) is 4.96. The number of benzene rings is 1. The fraction of sp³-hybridized carbons (Fsp3) is 0.538. The average molecular weight is 287 g/mol. The minimum Gasteiger partial charge on any atom is -0.493 e. The summed E-state index contributed by atoms with van der Waals surface area (Å²) < 4.78 is 33.6. The van der Waals surface area contributed by atoms with E-state index in [0.717, 1.165) is 11.1 Å².